The van der Waals surface area contributed by atoms with Gasteiger partial charge in [-0.2, -0.15) is 0 Å². The molecule has 2 amide bonds. The van der Waals surface area contributed by atoms with E-state index in [0.29, 0.717) is 35.6 Å². The van der Waals surface area contributed by atoms with E-state index >= 15 is 8.78 Å². The molecule has 14 rings (SSSR count). The van der Waals surface area contributed by atoms with Crippen molar-refractivity contribution in [1.29, 1.82) is 0 Å². The molecule has 0 saturated heterocycles. The summed E-state index contributed by atoms with van der Waals surface area (Å²) in [5.74, 6) is -5.72. The van der Waals surface area contributed by atoms with Gasteiger partial charge in [-0.15, -0.1) is 33.7 Å². The molecular weight excluding hydrogens is 1000 g/mol. The molecule has 2 N–H and O–H groups in total. The number of carbonyl (C=O) groups is 2. The third-order valence-corrected chi connectivity index (χ3v) is 16.5. The topological polar surface area (TPSA) is 193 Å². The van der Waals surface area contributed by atoms with Gasteiger partial charge in [0.25, 0.3) is 11.8 Å². The molecule has 6 aliphatic heterocycles. The molecule has 0 saturated carbocycles. The molecule has 74 heavy (non-hydrogen) atoms. The Morgan fingerprint density at radius 2 is 0.932 bits per heavy atom. The Hall–Kier alpha value is -8.38. The Morgan fingerprint density at radius 3 is 1.36 bits per heavy atom. The third-order valence-electron chi connectivity index (χ3n) is 14.3. The molecule has 4 aromatic carbocycles. The van der Waals surface area contributed by atoms with E-state index in [1.807, 2.05) is 58.5 Å². The fraction of sp³-hybridized carbons (Fsp3) is 0.200. The molecule has 372 valence electrons. The van der Waals surface area contributed by atoms with Crippen LogP contribution < -0.4 is 20.9 Å². The van der Waals surface area contributed by atoms with Crippen LogP contribution in [0.5, 0.6) is 11.5 Å². The summed E-state index contributed by atoms with van der Waals surface area (Å²) in [5.41, 5.74) is 2.53. The number of hydrogen-bond acceptors (Lipinski definition) is 14. The van der Waals surface area contributed by atoms with E-state index in [4.69, 9.17) is 0 Å². The van der Waals surface area contributed by atoms with Crippen LogP contribution in [0.2, 0.25) is 0 Å². The number of pyridine rings is 2. The maximum atomic E-state index is 15.2. The Kier molecular flexibility index (Phi) is 10.5. The summed E-state index contributed by atoms with van der Waals surface area (Å²) in [6.45, 7) is 1.23. The number of aromatic nitrogens is 8. The van der Waals surface area contributed by atoms with Crippen LogP contribution in [0.15, 0.2) is 129 Å². The lowest BCUT2D eigenvalue weighted by molar-refractivity contribution is 0.0458. The smallest absolute Gasteiger partial charge is 0.278 e. The summed E-state index contributed by atoms with van der Waals surface area (Å²) in [5, 5.41) is 41.5. The number of amides is 2. The molecule has 10 heterocycles. The van der Waals surface area contributed by atoms with E-state index in [1.165, 1.54) is 57.4 Å². The van der Waals surface area contributed by atoms with E-state index in [-0.39, 0.29) is 47.1 Å². The van der Waals surface area contributed by atoms with Crippen LogP contribution in [0.1, 0.15) is 90.2 Å². The van der Waals surface area contributed by atoms with Crippen molar-refractivity contribution >= 4 is 35.3 Å². The first kappa shape index (κ1) is 45.5. The molecule has 0 bridgehead atoms. The lowest BCUT2D eigenvalue weighted by Gasteiger charge is -2.51. The van der Waals surface area contributed by atoms with Crippen LogP contribution in [-0.4, -0.2) is 84.3 Å². The van der Waals surface area contributed by atoms with Gasteiger partial charge in [0.2, 0.25) is 10.9 Å². The number of aromatic hydroxyl groups is 2. The zero-order chi connectivity index (χ0) is 50.8. The Bertz CT molecular complexity index is 3590. The summed E-state index contributed by atoms with van der Waals surface area (Å²) >= 11 is 2.79. The quantitative estimate of drug-likeness (QED) is 0.196. The van der Waals surface area contributed by atoms with Gasteiger partial charge in [0.15, 0.2) is 58.5 Å². The number of thioether (sulfide) groups is 2. The standard InChI is InChI=1S/2C25H18F2N6O3S/c2*26-16-6-5-13-15(20(16)27)12-37-19-4-2-1-3-14(19)21(13)33-24-17-11-28-29-31(17)10-9-30(24)25(36)22-23(35)18(34)7-8-32(22)33/h2*1-8,11,21,24,35H,9-10,12H2/t21-,24+;21-,24-/m01/s1. The monoisotopic (exact) mass is 1040 g/mol. The molecule has 0 radical (unpaired) electrons. The van der Waals surface area contributed by atoms with Gasteiger partial charge >= 0.3 is 0 Å². The highest BCUT2D eigenvalue weighted by Crippen LogP contribution is 2.50. The predicted octanol–water partition coefficient (Wildman–Crippen LogP) is 5.85. The number of rotatable bonds is 2. The van der Waals surface area contributed by atoms with E-state index in [1.54, 1.807) is 43.7 Å². The lowest BCUT2D eigenvalue weighted by atomic mass is 9.92. The Morgan fingerprint density at radius 1 is 0.514 bits per heavy atom. The highest BCUT2D eigenvalue weighted by atomic mass is 32.2. The minimum absolute atomic E-state index is 0.191. The second-order valence-corrected chi connectivity index (χ2v) is 20.1. The first-order chi connectivity index (χ1) is 35.9. The molecule has 4 aromatic heterocycles. The number of nitrogens with zero attached hydrogens (tertiary/aromatic N) is 12. The van der Waals surface area contributed by atoms with Crippen molar-refractivity contribution < 1.29 is 37.4 Å². The molecule has 4 atom stereocenters. The van der Waals surface area contributed by atoms with Gasteiger partial charge in [-0.3, -0.25) is 38.5 Å². The van der Waals surface area contributed by atoms with Crippen molar-refractivity contribution in [3.8, 4) is 11.5 Å². The third kappa shape index (κ3) is 6.65. The van der Waals surface area contributed by atoms with Gasteiger partial charge in [0.1, 0.15) is 11.4 Å². The molecule has 8 aromatic rings. The van der Waals surface area contributed by atoms with Gasteiger partial charge in [-0.1, -0.05) is 59.0 Å². The first-order valence-electron chi connectivity index (χ1n) is 23.1. The van der Waals surface area contributed by atoms with Gasteiger partial charge in [-0.25, -0.2) is 26.9 Å². The van der Waals surface area contributed by atoms with E-state index < -0.39 is 81.9 Å². The summed E-state index contributed by atoms with van der Waals surface area (Å²) < 4.78 is 65.6. The molecule has 0 spiro atoms. The average molecular weight is 1040 g/mol. The zero-order valence-electron chi connectivity index (χ0n) is 38.2. The summed E-state index contributed by atoms with van der Waals surface area (Å²) in [6, 6.07) is 21.3. The van der Waals surface area contributed by atoms with Crippen LogP contribution in [0.3, 0.4) is 0 Å². The average Bonchev–Trinajstić information content (AvgIpc) is 4.05. The Labute approximate surface area is 423 Å². The van der Waals surface area contributed by atoms with Gasteiger partial charge < -0.3 is 20.0 Å². The largest absolute Gasteiger partial charge is 0.502 e. The van der Waals surface area contributed by atoms with Crippen LogP contribution in [0, 0.1) is 23.3 Å². The minimum Gasteiger partial charge on any atom is -0.502 e. The molecule has 18 nitrogen and oxygen atoms in total. The number of hydrogen-bond donors (Lipinski definition) is 2. The molecular formula is C50H36F4N12O6S2. The summed E-state index contributed by atoms with van der Waals surface area (Å²) in [7, 11) is 0. The minimum atomic E-state index is -0.943. The summed E-state index contributed by atoms with van der Waals surface area (Å²) in [6.07, 6.45) is 4.47. The lowest BCUT2D eigenvalue weighted by Crippen LogP contribution is -2.60. The predicted molar refractivity (Wildman–Crippen MR) is 257 cm³/mol. The van der Waals surface area contributed by atoms with Crippen molar-refractivity contribution in [2.75, 3.05) is 23.1 Å². The molecule has 0 aliphatic carbocycles. The van der Waals surface area contributed by atoms with Crippen molar-refractivity contribution in [2.45, 2.75) is 58.8 Å². The zero-order valence-corrected chi connectivity index (χ0v) is 39.8. The maximum Gasteiger partial charge on any atom is 0.278 e. The SMILES string of the molecule is O=C1c2c(O)c(=O)ccn2N([C@@H]2c3ccccc3SCc3c2ccc(F)c3F)[C@@H]2c3cnnn3CCN12.O=C1c2c(O)c(=O)ccn2N([C@H]2c3ccccc3SCc3c2ccc(F)c3F)[C@@H]2c3cnnn3CCN12. The van der Waals surface area contributed by atoms with Crippen molar-refractivity contribution in [2.24, 2.45) is 0 Å². The molecule has 0 unspecified atom stereocenters. The van der Waals surface area contributed by atoms with Gasteiger partial charge in [-0.05, 0) is 46.5 Å². The second-order valence-electron chi connectivity index (χ2n) is 18.0. The maximum absolute atomic E-state index is 15.2. The van der Waals surface area contributed by atoms with Crippen molar-refractivity contribution in [3.05, 3.63) is 210 Å². The highest BCUT2D eigenvalue weighted by Gasteiger charge is 2.50. The fourth-order valence-electron chi connectivity index (χ4n) is 11.0. The van der Waals surface area contributed by atoms with E-state index in [0.717, 1.165) is 33.1 Å². The number of benzene rings is 4. The Balaban J connectivity index is 0.000000143. The molecule has 24 heteroatoms. The van der Waals surface area contributed by atoms with E-state index in [2.05, 4.69) is 20.6 Å². The van der Waals surface area contributed by atoms with Gasteiger partial charge in [0, 0.05) is 70.0 Å². The van der Waals surface area contributed by atoms with Crippen LogP contribution in [-0.2, 0) is 24.6 Å². The number of fused-ring (bicyclic) bond motifs is 12. The second kappa shape index (κ2) is 17.1. The van der Waals surface area contributed by atoms with Crippen LogP contribution in [0.4, 0.5) is 17.6 Å². The normalized spacial score (nSPS) is 19.9. The number of carbonyl (C=O) groups excluding carboxylic acids is 2. The molecule has 0 fully saturated rings. The fourth-order valence-corrected chi connectivity index (χ4v) is 13.2. The summed E-state index contributed by atoms with van der Waals surface area (Å²) in [4.78, 5) is 56.9. The van der Waals surface area contributed by atoms with Gasteiger partial charge in [0.05, 0.1) is 37.6 Å². The van der Waals surface area contributed by atoms with E-state index in [9.17, 15) is 38.2 Å². The van der Waals surface area contributed by atoms with Crippen LogP contribution in [0.25, 0.3) is 0 Å². The van der Waals surface area contributed by atoms with Crippen molar-refractivity contribution in [3.63, 3.8) is 0 Å². The molecule has 6 aliphatic rings. The highest BCUT2D eigenvalue weighted by molar-refractivity contribution is 7.98. The number of halogens is 4. The van der Waals surface area contributed by atoms with Crippen molar-refractivity contribution in [1.82, 2.24) is 49.1 Å². The first-order valence-corrected chi connectivity index (χ1v) is 25.1. The van der Waals surface area contributed by atoms with Crippen LogP contribution >= 0.6 is 23.5 Å².